The topological polar surface area (TPSA) is 47.0 Å². The van der Waals surface area contributed by atoms with Crippen molar-refractivity contribution in [1.29, 1.82) is 0 Å². The summed E-state index contributed by atoms with van der Waals surface area (Å²) >= 11 is 0. The minimum atomic E-state index is -0.438. The van der Waals surface area contributed by atoms with Gasteiger partial charge in [0.1, 0.15) is 0 Å². The van der Waals surface area contributed by atoms with E-state index in [0.717, 1.165) is 19.5 Å². The van der Waals surface area contributed by atoms with E-state index in [1.807, 2.05) is 19.0 Å². The van der Waals surface area contributed by atoms with Crippen LogP contribution in [-0.4, -0.2) is 73.2 Å². The Morgan fingerprint density at radius 2 is 2.09 bits per heavy atom. The van der Waals surface area contributed by atoms with Crippen LogP contribution in [0, 0.1) is 0 Å². The third kappa shape index (κ3) is 2.96. The van der Waals surface area contributed by atoms with Gasteiger partial charge in [-0.25, -0.2) is 0 Å². The van der Waals surface area contributed by atoms with Crippen LogP contribution in [-0.2, 0) is 11.2 Å². The van der Waals surface area contributed by atoms with Crippen molar-refractivity contribution < 1.29 is 9.90 Å². The molecule has 5 nitrogen and oxygen atoms in total. The molecule has 1 saturated heterocycles. The molecule has 2 atom stereocenters. The maximum atomic E-state index is 12.4. The number of benzene rings is 1. The molecule has 1 aromatic rings. The number of β-amino-alcohol motifs (C(OH)–C–C–N with tert-alkyl or cyclic N) is 1. The maximum absolute atomic E-state index is 12.4. The Bertz CT molecular complexity index is 546. The molecule has 1 amide bonds. The summed E-state index contributed by atoms with van der Waals surface area (Å²) in [5.41, 5.74) is 2.64. The lowest BCUT2D eigenvalue weighted by Crippen LogP contribution is -2.38. The molecule has 3 rings (SSSR count). The molecule has 2 aliphatic rings. The van der Waals surface area contributed by atoms with Gasteiger partial charge < -0.3 is 19.8 Å². The number of aliphatic hydroxyl groups excluding tert-OH is 1. The zero-order valence-electron chi connectivity index (χ0n) is 13.4. The van der Waals surface area contributed by atoms with E-state index >= 15 is 0 Å². The van der Waals surface area contributed by atoms with E-state index in [-0.39, 0.29) is 11.9 Å². The molecule has 0 aromatic heterocycles. The van der Waals surface area contributed by atoms with Crippen molar-refractivity contribution in [2.75, 3.05) is 45.2 Å². The fourth-order valence-corrected chi connectivity index (χ4v) is 3.51. The molecule has 22 heavy (non-hydrogen) atoms. The van der Waals surface area contributed by atoms with Crippen molar-refractivity contribution >= 4 is 11.6 Å². The molecule has 0 spiro atoms. The highest BCUT2D eigenvalue weighted by molar-refractivity contribution is 5.77. The van der Waals surface area contributed by atoms with Gasteiger partial charge in [0.05, 0.1) is 12.1 Å². The third-order valence-corrected chi connectivity index (χ3v) is 4.85. The lowest BCUT2D eigenvalue weighted by atomic mass is 10.2. The molecule has 0 radical (unpaired) electrons. The minimum Gasteiger partial charge on any atom is -0.390 e. The second-order valence-corrected chi connectivity index (χ2v) is 6.51. The van der Waals surface area contributed by atoms with Gasteiger partial charge in [-0.2, -0.15) is 0 Å². The van der Waals surface area contributed by atoms with E-state index in [1.165, 1.54) is 11.3 Å². The van der Waals surface area contributed by atoms with Gasteiger partial charge in [0.25, 0.3) is 0 Å². The Hall–Kier alpha value is -1.59. The van der Waals surface area contributed by atoms with Crippen molar-refractivity contribution in [2.45, 2.75) is 25.0 Å². The third-order valence-electron chi connectivity index (χ3n) is 4.85. The average molecular weight is 303 g/mol. The quantitative estimate of drug-likeness (QED) is 0.883. The normalized spacial score (nSPS) is 24.2. The Balaban J connectivity index is 1.54. The van der Waals surface area contributed by atoms with Gasteiger partial charge in [-0.05, 0) is 32.1 Å². The number of amides is 1. The zero-order valence-corrected chi connectivity index (χ0v) is 13.4. The van der Waals surface area contributed by atoms with Crippen LogP contribution in [0.2, 0.25) is 0 Å². The lowest BCUT2D eigenvalue weighted by Gasteiger charge is -2.23. The number of rotatable bonds is 4. The summed E-state index contributed by atoms with van der Waals surface area (Å²) in [5, 5.41) is 10.0. The molecule has 0 saturated carbocycles. The molecule has 1 fully saturated rings. The number of likely N-dealkylation sites (N-methyl/N-ethyl adjacent to an activating group) is 1. The van der Waals surface area contributed by atoms with Gasteiger partial charge in [-0.15, -0.1) is 0 Å². The summed E-state index contributed by atoms with van der Waals surface area (Å²) in [4.78, 5) is 18.5. The summed E-state index contributed by atoms with van der Waals surface area (Å²) in [6, 6.07) is 8.47. The smallest absolute Gasteiger partial charge is 0.224 e. The predicted molar refractivity (Wildman–Crippen MR) is 87.0 cm³/mol. The second-order valence-electron chi connectivity index (χ2n) is 6.51. The molecule has 1 N–H and O–H groups in total. The number of fused-ring (bicyclic) bond motifs is 1. The number of carbonyl (C=O) groups excluding carboxylic acids is 1. The molecule has 0 bridgehead atoms. The molecular formula is C17H25N3O2. The second kappa shape index (κ2) is 6.26. The van der Waals surface area contributed by atoms with Gasteiger partial charge >= 0.3 is 0 Å². The summed E-state index contributed by atoms with van der Waals surface area (Å²) < 4.78 is 0. The van der Waals surface area contributed by atoms with Crippen molar-refractivity contribution in [3.8, 4) is 0 Å². The van der Waals surface area contributed by atoms with Crippen molar-refractivity contribution in [2.24, 2.45) is 0 Å². The van der Waals surface area contributed by atoms with E-state index in [9.17, 15) is 9.90 Å². The number of carbonyl (C=O) groups is 1. The Kier molecular flexibility index (Phi) is 4.36. The van der Waals surface area contributed by atoms with Gasteiger partial charge in [0.15, 0.2) is 0 Å². The van der Waals surface area contributed by atoms with E-state index in [1.54, 1.807) is 4.90 Å². The van der Waals surface area contributed by atoms with E-state index in [2.05, 4.69) is 29.2 Å². The number of hydrogen-bond donors (Lipinski definition) is 1. The first-order chi connectivity index (χ1) is 10.6. The van der Waals surface area contributed by atoms with Crippen LogP contribution in [0.4, 0.5) is 5.69 Å². The van der Waals surface area contributed by atoms with Crippen molar-refractivity contribution in [1.82, 2.24) is 9.80 Å². The first kappa shape index (κ1) is 15.3. The molecule has 0 aliphatic carbocycles. The Morgan fingerprint density at radius 1 is 1.32 bits per heavy atom. The standard InChI is InChI=1S/C17H25N3O2/c1-18(2)15-11-20(12-16(15)21)17(22)8-10-19-9-7-13-5-3-4-6-14(13)19/h3-6,15-16,21H,7-12H2,1-2H3/t15-,16-/m1/s1. The fraction of sp³-hybridized carbons (Fsp3) is 0.588. The first-order valence-corrected chi connectivity index (χ1v) is 8.01. The van der Waals surface area contributed by atoms with Gasteiger partial charge in [-0.1, -0.05) is 18.2 Å². The number of para-hydroxylation sites is 1. The van der Waals surface area contributed by atoms with E-state index in [4.69, 9.17) is 0 Å². The van der Waals surface area contributed by atoms with Crippen molar-refractivity contribution in [3.63, 3.8) is 0 Å². The van der Waals surface area contributed by atoms with Gasteiger partial charge in [-0.3, -0.25) is 4.79 Å². The van der Waals surface area contributed by atoms with Crippen LogP contribution in [0.15, 0.2) is 24.3 Å². The molecular weight excluding hydrogens is 278 g/mol. The number of nitrogens with zero attached hydrogens (tertiary/aromatic N) is 3. The predicted octanol–water partition coefficient (Wildman–Crippen LogP) is 0.573. The fourth-order valence-electron chi connectivity index (χ4n) is 3.51. The number of aliphatic hydroxyl groups is 1. The summed E-state index contributed by atoms with van der Waals surface area (Å²) in [6.07, 6.45) is 1.14. The SMILES string of the molecule is CN(C)[C@@H]1CN(C(=O)CCN2CCc3ccccc32)C[C@H]1O. The van der Waals surface area contributed by atoms with E-state index in [0.29, 0.717) is 19.5 Å². The molecule has 2 heterocycles. The summed E-state index contributed by atoms with van der Waals surface area (Å²) in [7, 11) is 3.89. The number of anilines is 1. The van der Waals surface area contributed by atoms with Crippen LogP contribution in [0.5, 0.6) is 0 Å². The van der Waals surface area contributed by atoms with Gasteiger partial charge in [0, 0.05) is 38.3 Å². The summed E-state index contributed by atoms with van der Waals surface area (Å²) in [5.74, 6) is 0.146. The zero-order chi connectivity index (χ0) is 15.7. The highest BCUT2D eigenvalue weighted by Gasteiger charge is 2.35. The lowest BCUT2D eigenvalue weighted by molar-refractivity contribution is -0.130. The maximum Gasteiger partial charge on any atom is 0.224 e. The number of hydrogen-bond acceptors (Lipinski definition) is 4. The molecule has 120 valence electrons. The van der Waals surface area contributed by atoms with Crippen LogP contribution in [0.25, 0.3) is 0 Å². The monoisotopic (exact) mass is 303 g/mol. The summed E-state index contributed by atoms with van der Waals surface area (Å²) in [6.45, 7) is 2.84. The molecule has 2 aliphatic heterocycles. The van der Waals surface area contributed by atoms with Crippen LogP contribution in [0.1, 0.15) is 12.0 Å². The van der Waals surface area contributed by atoms with E-state index < -0.39 is 6.10 Å². The Morgan fingerprint density at radius 3 is 2.82 bits per heavy atom. The minimum absolute atomic E-state index is 0.0523. The average Bonchev–Trinajstić information content (AvgIpc) is 3.08. The Labute approximate surface area is 132 Å². The molecule has 1 aromatic carbocycles. The van der Waals surface area contributed by atoms with Crippen molar-refractivity contribution in [3.05, 3.63) is 29.8 Å². The van der Waals surface area contributed by atoms with Crippen LogP contribution in [0.3, 0.4) is 0 Å². The highest BCUT2D eigenvalue weighted by Crippen LogP contribution is 2.27. The van der Waals surface area contributed by atoms with Crippen LogP contribution < -0.4 is 4.90 Å². The largest absolute Gasteiger partial charge is 0.390 e. The molecule has 5 heteroatoms. The highest BCUT2D eigenvalue weighted by atomic mass is 16.3. The van der Waals surface area contributed by atoms with Crippen LogP contribution >= 0.6 is 0 Å². The molecule has 0 unspecified atom stereocenters. The number of likely N-dealkylation sites (tertiary alicyclic amines) is 1. The first-order valence-electron chi connectivity index (χ1n) is 8.01. The van der Waals surface area contributed by atoms with Gasteiger partial charge in [0.2, 0.25) is 5.91 Å².